The number of methoxy groups -OCH3 is 1. The van der Waals surface area contributed by atoms with E-state index in [9.17, 15) is 4.79 Å². The average Bonchev–Trinajstić information content (AvgIpc) is 2.46. The number of piperidine rings is 1. The Kier molecular flexibility index (Phi) is 4.12. The standard InChI is InChI=1S/C13H19N3O2/c1-3-10-6-4-5-9-16(10)12-8-7-11(14-15-12)13(17)18-2/h7-8,10H,3-6,9H2,1-2H3. The molecule has 1 aromatic heterocycles. The molecule has 0 saturated carbocycles. The highest BCUT2D eigenvalue weighted by molar-refractivity contribution is 5.86. The smallest absolute Gasteiger partial charge is 0.358 e. The van der Waals surface area contributed by atoms with Crippen LogP contribution in [0.5, 0.6) is 0 Å². The van der Waals surface area contributed by atoms with Crippen LogP contribution in [0.1, 0.15) is 43.1 Å². The first-order chi connectivity index (χ1) is 8.76. The van der Waals surface area contributed by atoms with Crippen LogP contribution in [0.4, 0.5) is 5.82 Å². The number of hydrogen-bond donors (Lipinski definition) is 0. The van der Waals surface area contributed by atoms with Crippen molar-refractivity contribution in [1.82, 2.24) is 10.2 Å². The van der Waals surface area contributed by atoms with Gasteiger partial charge in [-0.1, -0.05) is 6.92 Å². The van der Waals surface area contributed by atoms with Gasteiger partial charge in [0.2, 0.25) is 0 Å². The summed E-state index contributed by atoms with van der Waals surface area (Å²) in [6, 6.07) is 4.07. The second-order valence-electron chi connectivity index (χ2n) is 4.52. The first kappa shape index (κ1) is 12.8. The van der Waals surface area contributed by atoms with Crippen molar-refractivity contribution in [2.45, 2.75) is 38.6 Å². The molecule has 1 saturated heterocycles. The third-order valence-corrected chi connectivity index (χ3v) is 3.44. The summed E-state index contributed by atoms with van der Waals surface area (Å²) in [6.07, 6.45) is 4.79. The van der Waals surface area contributed by atoms with E-state index in [1.807, 2.05) is 6.07 Å². The van der Waals surface area contributed by atoms with Gasteiger partial charge in [-0.25, -0.2) is 4.79 Å². The maximum atomic E-state index is 11.3. The minimum Gasteiger partial charge on any atom is -0.464 e. The van der Waals surface area contributed by atoms with Crippen LogP contribution in [0.25, 0.3) is 0 Å². The molecule has 1 unspecified atom stereocenters. The molecule has 1 aliphatic heterocycles. The first-order valence-electron chi connectivity index (χ1n) is 6.45. The highest BCUT2D eigenvalue weighted by atomic mass is 16.5. The lowest BCUT2D eigenvalue weighted by Gasteiger charge is -2.35. The molecule has 0 radical (unpaired) electrons. The van der Waals surface area contributed by atoms with E-state index in [1.165, 1.54) is 26.4 Å². The van der Waals surface area contributed by atoms with Gasteiger partial charge in [-0.2, -0.15) is 0 Å². The zero-order valence-corrected chi connectivity index (χ0v) is 10.9. The fourth-order valence-electron chi connectivity index (χ4n) is 2.42. The van der Waals surface area contributed by atoms with E-state index in [0.29, 0.717) is 6.04 Å². The molecule has 0 aromatic carbocycles. The molecule has 1 aliphatic rings. The molecule has 0 bridgehead atoms. The zero-order chi connectivity index (χ0) is 13.0. The van der Waals surface area contributed by atoms with Gasteiger partial charge in [-0.3, -0.25) is 0 Å². The Morgan fingerprint density at radius 1 is 1.44 bits per heavy atom. The number of carbonyl (C=O) groups excluding carboxylic acids is 1. The lowest BCUT2D eigenvalue weighted by Crippen LogP contribution is -2.39. The van der Waals surface area contributed by atoms with Crippen LogP contribution in [-0.4, -0.2) is 35.9 Å². The largest absolute Gasteiger partial charge is 0.464 e. The minimum atomic E-state index is -0.445. The summed E-state index contributed by atoms with van der Waals surface area (Å²) in [7, 11) is 1.34. The van der Waals surface area contributed by atoms with E-state index in [4.69, 9.17) is 0 Å². The Morgan fingerprint density at radius 2 is 2.28 bits per heavy atom. The molecule has 0 N–H and O–H groups in total. The van der Waals surface area contributed by atoms with Crippen molar-refractivity contribution in [3.8, 4) is 0 Å². The maximum absolute atomic E-state index is 11.3. The zero-order valence-electron chi connectivity index (χ0n) is 10.9. The molecule has 1 atom stereocenters. The fourth-order valence-corrected chi connectivity index (χ4v) is 2.42. The minimum absolute atomic E-state index is 0.256. The molecule has 98 valence electrons. The van der Waals surface area contributed by atoms with Gasteiger partial charge >= 0.3 is 5.97 Å². The lowest BCUT2D eigenvalue weighted by atomic mass is 10.0. The molecule has 2 rings (SSSR count). The van der Waals surface area contributed by atoms with Crippen LogP contribution in [-0.2, 0) is 4.74 Å². The molecule has 1 aromatic rings. The van der Waals surface area contributed by atoms with Crippen molar-refractivity contribution in [3.05, 3.63) is 17.8 Å². The third-order valence-electron chi connectivity index (χ3n) is 3.44. The van der Waals surface area contributed by atoms with Gasteiger partial charge in [0.25, 0.3) is 0 Å². The number of carbonyl (C=O) groups is 1. The molecule has 0 amide bonds. The van der Waals surface area contributed by atoms with Crippen LogP contribution in [0.3, 0.4) is 0 Å². The van der Waals surface area contributed by atoms with E-state index in [-0.39, 0.29) is 5.69 Å². The van der Waals surface area contributed by atoms with Crippen LogP contribution in [0, 0.1) is 0 Å². The molecule has 5 nitrogen and oxygen atoms in total. The number of anilines is 1. The van der Waals surface area contributed by atoms with E-state index in [0.717, 1.165) is 18.8 Å². The van der Waals surface area contributed by atoms with Gasteiger partial charge in [0.05, 0.1) is 7.11 Å². The second-order valence-corrected chi connectivity index (χ2v) is 4.52. The summed E-state index contributed by atoms with van der Waals surface area (Å²) in [4.78, 5) is 13.6. The number of rotatable bonds is 3. The predicted molar refractivity (Wildman–Crippen MR) is 68.6 cm³/mol. The summed E-state index contributed by atoms with van der Waals surface area (Å²) in [5.41, 5.74) is 0.256. The Bertz CT molecular complexity index is 405. The summed E-state index contributed by atoms with van der Waals surface area (Å²) in [5, 5.41) is 8.07. The molecular formula is C13H19N3O2. The van der Waals surface area contributed by atoms with Gasteiger partial charge < -0.3 is 9.64 Å². The van der Waals surface area contributed by atoms with Crippen molar-refractivity contribution in [2.24, 2.45) is 0 Å². The summed E-state index contributed by atoms with van der Waals surface area (Å²) in [5.74, 6) is 0.411. The second kappa shape index (κ2) is 5.80. The van der Waals surface area contributed by atoms with Crippen molar-refractivity contribution in [3.63, 3.8) is 0 Å². The van der Waals surface area contributed by atoms with Crippen molar-refractivity contribution < 1.29 is 9.53 Å². The van der Waals surface area contributed by atoms with E-state index in [2.05, 4.69) is 26.8 Å². The average molecular weight is 249 g/mol. The number of aromatic nitrogens is 2. The summed E-state index contributed by atoms with van der Waals surface area (Å²) >= 11 is 0. The van der Waals surface area contributed by atoms with Crippen molar-refractivity contribution in [2.75, 3.05) is 18.6 Å². The third kappa shape index (κ3) is 2.60. The van der Waals surface area contributed by atoms with E-state index in [1.54, 1.807) is 6.07 Å². The SMILES string of the molecule is CCC1CCCCN1c1ccc(C(=O)OC)nn1. The number of hydrogen-bond acceptors (Lipinski definition) is 5. The number of nitrogens with zero attached hydrogens (tertiary/aromatic N) is 3. The molecule has 18 heavy (non-hydrogen) atoms. The predicted octanol–water partition coefficient (Wildman–Crippen LogP) is 2.03. The normalized spacial score (nSPS) is 19.7. The summed E-state index contributed by atoms with van der Waals surface area (Å²) in [6.45, 7) is 3.21. The molecule has 2 heterocycles. The Morgan fingerprint density at radius 3 is 2.89 bits per heavy atom. The molecule has 1 fully saturated rings. The first-order valence-corrected chi connectivity index (χ1v) is 6.45. The maximum Gasteiger partial charge on any atom is 0.358 e. The van der Waals surface area contributed by atoms with Crippen LogP contribution < -0.4 is 4.90 Å². The Labute approximate surface area is 107 Å². The van der Waals surface area contributed by atoms with Crippen LogP contribution in [0.15, 0.2) is 12.1 Å². The molecule has 0 aliphatic carbocycles. The van der Waals surface area contributed by atoms with Gasteiger partial charge in [0.15, 0.2) is 11.5 Å². The molecule has 0 spiro atoms. The summed E-state index contributed by atoms with van der Waals surface area (Å²) < 4.78 is 4.61. The topological polar surface area (TPSA) is 55.3 Å². The van der Waals surface area contributed by atoms with Gasteiger partial charge in [-0.05, 0) is 37.8 Å². The molecular weight excluding hydrogens is 230 g/mol. The van der Waals surface area contributed by atoms with Crippen LogP contribution in [0.2, 0.25) is 0 Å². The Hall–Kier alpha value is -1.65. The lowest BCUT2D eigenvalue weighted by molar-refractivity contribution is 0.0592. The van der Waals surface area contributed by atoms with Gasteiger partial charge in [0.1, 0.15) is 0 Å². The molecule has 5 heteroatoms. The van der Waals surface area contributed by atoms with Crippen molar-refractivity contribution >= 4 is 11.8 Å². The Balaban J connectivity index is 2.15. The highest BCUT2D eigenvalue weighted by Gasteiger charge is 2.22. The number of ether oxygens (including phenoxy) is 1. The van der Waals surface area contributed by atoms with Gasteiger partial charge in [0, 0.05) is 12.6 Å². The van der Waals surface area contributed by atoms with E-state index < -0.39 is 5.97 Å². The number of esters is 1. The van der Waals surface area contributed by atoms with Crippen LogP contribution >= 0.6 is 0 Å². The van der Waals surface area contributed by atoms with Gasteiger partial charge in [-0.15, -0.1) is 10.2 Å². The highest BCUT2D eigenvalue weighted by Crippen LogP contribution is 2.24. The monoisotopic (exact) mass is 249 g/mol. The fraction of sp³-hybridized carbons (Fsp3) is 0.615. The van der Waals surface area contributed by atoms with Crippen molar-refractivity contribution in [1.29, 1.82) is 0 Å². The van der Waals surface area contributed by atoms with E-state index >= 15 is 0 Å². The quantitative estimate of drug-likeness (QED) is 0.767.